The van der Waals surface area contributed by atoms with Gasteiger partial charge in [0.1, 0.15) is 11.4 Å². The molecule has 6 nitrogen and oxygen atoms in total. The lowest BCUT2D eigenvalue weighted by molar-refractivity contribution is -0.143. The quantitative estimate of drug-likeness (QED) is 0.693. The van der Waals surface area contributed by atoms with E-state index in [2.05, 4.69) is 5.32 Å². The molecule has 146 valence electrons. The summed E-state index contributed by atoms with van der Waals surface area (Å²) in [5.41, 5.74) is -0.405. The maximum Gasteiger partial charge on any atom is 0.408 e. The first-order valence-electron chi connectivity index (χ1n) is 11.0. The molecule has 26 heavy (non-hydrogen) atoms. The first-order chi connectivity index (χ1) is 14.1. The molecule has 0 bridgehead atoms. The molecule has 0 spiro atoms. The van der Waals surface area contributed by atoms with E-state index >= 15 is 0 Å². The summed E-state index contributed by atoms with van der Waals surface area (Å²) in [4.78, 5) is 24.2. The van der Waals surface area contributed by atoms with E-state index in [1.807, 2.05) is 0 Å². The molecule has 1 aromatic rings. The van der Waals surface area contributed by atoms with Crippen LogP contribution in [0.25, 0.3) is 0 Å². The predicted octanol–water partition coefficient (Wildman–Crippen LogP) is 4.24. The first-order valence-corrected chi connectivity index (χ1v) is 8.47. The maximum atomic E-state index is 12.2. The molecule has 2 atom stereocenters. The van der Waals surface area contributed by atoms with Crippen LogP contribution in [0.4, 0.5) is 4.79 Å². The van der Waals surface area contributed by atoms with Crippen LogP contribution >= 0.6 is 0 Å². The fraction of sp³-hybridized carbons (Fsp3) is 0.600. The molecular formula is C20H31NO5. The van der Waals surface area contributed by atoms with Gasteiger partial charge in [-0.05, 0) is 50.8 Å². The normalized spacial score (nSPS) is 17.3. The molecule has 0 aliphatic rings. The molecule has 0 aromatic heterocycles. The third kappa shape index (κ3) is 7.76. The van der Waals surface area contributed by atoms with E-state index < -0.39 is 43.0 Å². The minimum Gasteiger partial charge on any atom is -0.493 e. The zero-order valence-electron chi connectivity index (χ0n) is 20.9. The summed E-state index contributed by atoms with van der Waals surface area (Å²) in [6.07, 6.45) is -0.187. The number of rotatable bonds is 8. The maximum absolute atomic E-state index is 12.2. The van der Waals surface area contributed by atoms with Crippen molar-refractivity contribution in [3.8, 4) is 5.75 Å². The van der Waals surface area contributed by atoms with Gasteiger partial charge in [0.2, 0.25) is 0 Å². The number of carbonyl (C=O) groups is 2. The lowest BCUT2D eigenvalue weighted by Gasteiger charge is -2.23. The summed E-state index contributed by atoms with van der Waals surface area (Å²) in [6, 6.07) is 4.54. The number of benzene rings is 1. The van der Waals surface area contributed by atoms with E-state index in [1.165, 1.54) is 31.4 Å². The molecule has 0 fully saturated rings. The van der Waals surface area contributed by atoms with Crippen LogP contribution in [0.3, 0.4) is 0 Å². The van der Waals surface area contributed by atoms with Crippen molar-refractivity contribution in [3.63, 3.8) is 0 Å². The van der Waals surface area contributed by atoms with Gasteiger partial charge >= 0.3 is 12.1 Å². The Kier molecular flexibility index (Phi) is 5.75. The fourth-order valence-corrected chi connectivity index (χ4v) is 2.04. The van der Waals surface area contributed by atoms with Crippen molar-refractivity contribution in [2.45, 2.75) is 59.0 Å². The smallest absolute Gasteiger partial charge is 0.408 e. The number of carbonyl (C=O) groups excluding carboxylic acids is 2. The zero-order valence-corrected chi connectivity index (χ0v) is 15.9. The zero-order chi connectivity index (χ0) is 24.0. The van der Waals surface area contributed by atoms with Crippen molar-refractivity contribution in [1.29, 1.82) is 0 Å². The lowest BCUT2D eigenvalue weighted by atomic mass is 10.1. The molecule has 0 aliphatic carbocycles. The summed E-state index contributed by atoms with van der Waals surface area (Å²) in [5, 5.41) is 2.44. The van der Waals surface area contributed by atoms with Crippen molar-refractivity contribution in [1.82, 2.24) is 5.32 Å². The average molecular weight is 371 g/mol. The second kappa shape index (κ2) is 10.0. The first kappa shape index (κ1) is 14.9. The van der Waals surface area contributed by atoms with Crippen molar-refractivity contribution in [3.05, 3.63) is 29.8 Å². The molecule has 1 rings (SSSR count). The minimum atomic E-state index is -2.52. The van der Waals surface area contributed by atoms with Gasteiger partial charge in [0.25, 0.3) is 0 Å². The lowest BCUT2D eigenvalue weighted by Crippen LogP contribution is -2.38. The Hall–Kier alpha value is -2.24. The second-order valence-electron chi connectivity index (χ2n) is 6.73. The summed E-state index contributed by atoms with van der Waals surface area (Å²) in [6.45, 7) is 1.88. The van der Waals surface area contributed by atoms with Gasteiger partial charge in [0.15, 0.2) is 6.04 Å². The van der Waals surface area contributed by atoms with Crippen LogP contribution in [0.1, 0.15) is 65.8 Å². The average Bonchev–Trinajstić information content (AvgIpc) is 2.61. The van der Waals surface area contributed by atoms with E-state index in [9.17, 15) is 9.59 Å². The molecule has 0 saturated heterocycles. The van der Waals surface area contributed by atoms with E-state index in [-0.39, 0.29) is 12.2 Å². The number of ether oxygens (including phenoxy) is 3. The van der Waals surface area contributed by atoms with Crippen molar-refractivity contribution >= 4 is 12.1 Å². The third-order valence-corrected chi connectivity index (χ3v) is 3.21. The third-order valence-electron chi connectivity index (χ3n) is 3.21. The topological polar surface area (TPSA) is 73.9 Å². The van der Waals surface area contributed by atoms with Crippen molar-refractivity contribution < 1.29 is 30.7 Å². The summed E-state index contributed by atoms with van der Waals surface area (Å²) in [7, 11) is 1.18. The monoisotopic (exact) mass is 370 g/mol. The molecule has 1 N–H and O–H groups in total. The highest BCUT2D eigenvalue weighted by Gasteiger charge is 2.26. The molecule has 1 amide bonds. The minimum absolute atomic E-state index is 0.0833. The summed E-state index contributed by atoms with van der Waals surface area (Å²) in [5.74, 6) is -1.94. The van der Waals surface area contributed by atoms with Crippen LogP contribution in [0, 0.1) is 5.92 Å². The number of alkyl carbamates (subject to hydrolysis) is 1. The van der Waals surface area contributed by atoms with Gasteiger partial charge in [-0.3, -0.25) is 0 Å². The van der Waals surface area contributed by atoms with Gasteiger partial charge in [-0.2, -0.15) is 0 Å². The van der Waals surface area contributed by atoms with Gasteiger partial charge in [-0.25, -0.2) is 9.59 Å². The van der Waals surface area contributed by atoms with Crippen LogP contribution in [-0.4, -0.2) is 31.3 Å². The molecular weight excluding hydrogens is 334 g/mol. The molecule has 0 unspecified atom stereocenters. The number of hydrogen-bond acceptors (Lipinski definition) is 5. The molecule has 0 aliphatic heterocycles. The molecule has 6 heteroatoms. The van der Waals surface area contributed by atoms with Crippen molar-refractivity contribution in [2.24, 2.45) is 5.92 Å². The Balaban J connectivity index is 3.05. The van der Waals surface area contributed by atoms with Crippen LogP contribution in [-0.2, 0) is 14.3 Å². The Morgan fingerprint density at radius 1 is 1.27 bits per heavy atom. The van der Waals surface area contributed by atoms with Crippen LogP contribution in [0.5, 0.6) is 5.75 Å². The van der Waals surface area contributed by atoms with E-state index in [0.717, 1.165) is 0 Å². The number of amides is 1. The second-order valence-corrected chi connectivity index (χ2v) is 6.73. The SMILES string of the molecule is [2H]C([2H])([2H])[C@@H](CCC)C([2H])([2H])Oc1ccc([C@@H](NC(=O)OC(C)(C)C)C(=O)OC)cc1. The highest BCUT2D eigenvalue weighted by atomic mass is 16.6. The Labute approximate surface area is 163 Å². The fourth-order valence-electron chi connectivity index (χ4n) is 2.04. The molecule has 1 aromatic carbocycles. The number of methoxy groups -OCH3 is 1. The van der Waals surface area contributed by atoms with Gasteiger partial charge in [0, 0.05) is 4.11 Å². The number of esters is 1. The molecule has 0 heterocycles. The van der Waals surface area contributed by atoms with Crippen LogP contribution in [0.15, 0.2) is 24.3 Å². The number of nitrogens with one attached hydrogen (secondary N) is 1. The molecule has 0 saturated carbocycles. The molecule has 0 radical (unpaired) electrons. The highest BCUT2D eigenvalue weighted by molar-refractivity contribution is 5.82. The summed E-state index contributed by atoms with van der Waals surface area (Å²) >= 11 is 0. The van der Waals surface area contributed by atoms with Gasteiger partial charge in [-0.1, -0.05) is 32.3 Å². The highest BCUT2D eigenvalue weighted by Crippen LogP contribution is 2.21. The Morgan fingerprint density at radius 2 is 1.92 bits per heavy atom. The van der Waals surface area contributed by atoms with E-state index in [4.69, 9.17) is 21.1 Å². The van der Waals surface area contributed by atoms with Crippen LogP contribution in [0.2, 0.25) is 0 Å². The Bertz CT molecular complexity index is 744. The van der Waals surface area contributed by atoms with E-state index in [0.29, 0.717) is 12.0 Å². The largest absolute Gasteiger partial charge is 0.493 e. The predicted molar refractivity (Wildman–Crippen MR) is 100 cm³/mol. The standard InChI is InChI=1S/C20H31NO5/c1-7-8-14(2)13-25-16-11-9-15(10-12-16)17(18(22)24-6)21-19(23)26-20(3,4)5/h9-12,14,17H,7-8,13H2,1-6H3,(H,21,23)/t14-,17+/m0/s1/i2D3,13D2. The Morgan fingerprint density at radius 3 is 2.42 bits per heavy atom. The van der Waals surface area contributed by atoms with Gasteiger partial charge in [0.05, 0.1) is 16.4 Å². The van der Waals surface area contributed by atoms with Crippen LogP contribution < -0.4 is 10.1 Å². The summed E-state index contributed by atoms with van der Waals surface area (Å²) < 4.78 is 54.4. The van der Waals surface area contributed by atoms with Gasteiger partial charge < -0.3 is 19.5 Å². The van der Waals surface area contributed by atoms with E-state index in [1.54, 1.807) is 27.7 Å². The number of hydrogen-bond donors (Lipinski definition) is 1. The van der Waals surface area contributed by atoms with Gasteiger partial charge in [-0.15, -0.1) is 0 Å². The van der Waals surface area contributed by atoms with Crippen molar-refractivity contribution in [2.75, 3.05) is 13.7 Å².